The van der Waals surface area contributed by atoms with Gasteiger partial charge in [0.1, 0.15) is 11.5 Å². The van der Waals surface area contributed by atoms with Crippen molar-refractivity contribution in [2.75, 3.05) is 0 Å². The van der Waals surface area contributed by atoms with Crippen molar-refractivity contribution in [2.45, 2.75) is 104 Å². The largest absolute Gasteiger partial charge is 0.465 e. The summed E-state index contributed by atoms with van der Waals surface area (Å²) >= 11 is 3.56. The third kappa shape index (κ3) is 10.2. The van der Waals surface area contributed by atoms with Crippen LogP contribution in [0.2, 0.25) is 0 Å². The molecule has 2 aromatic carbocycles. The van der Waals surface area contributed by atoms with Crippen LogP contribution in [0.4, 0.5) is 0 Å². The minimum absolute atomic E-state index is 0.498. The van der Waals surface area contributed by atoms with Gasteiger partial charge >= 0.3 is 0 Å². The molecular weight excluding hydrogens is 585 g/mol. The summed E-state index contributed by atoms with van der Waals surface area (Å²) in [6, 6.07) is 24.8. The quantitative estimate of drug-likeness (QED) is 0.101. The Bertz CT molecular complexity index is 1250. The summed E-state index contributed by atoms with van der Waals surface area (Å²) in [6.07, 6.45) is 8.99. The van der Waals surface area contributed by atoms with E-state index in [9.17, 15) is 10.2 Å². The molecule has 4 rings (SSSR count). The Morgan fingerprint density at radius 1 is 0.523 bits per heavy atom. The van der Waals surface area contributed by atoms with Crippen LogP contribution >= 0.6 is 22.7 Å². The zero-order valence-electron chi connectivity index (χ0n) is 26.8. The van der Waals surface area contributed by atoms with Gasteiger partial charge in [-0.2, -0.15) is 0 Å². The number of hydrogen-bond acceptors (Lipinski definition) is 6. The SMILES string of the molecule is CCCCC(CC)CC(O)Oc1ccc(-c2ccc(-c3ccc(-c4ccc(OC(O)CC(CC)CCCC)cc4)s3)s2)cc1. The third-order valence-electron chi connectivity index (χ3n) is 8.43. The van der Waals surface area contributed by atoms with Gasteiger partial charge in [-0.15, -0.1) is 22.7 Å². The predicted molar refractivity (Wildman–Crippen MR) is 188 cm³/mol. The van der Waals surface area contributed by atoms with Gasteiger partial charge in [0.15, 0.2) is 12.6 Å². The highest BCUT2D eigenvalue weighted by Gasteiger charge is 2.16. The highest BCUT2D eigenvalue weighted by atomic mass is 32.1. The molecule has 2 aromatic heterocycles. The maximum Gasteiger partial charge on any atom is 0.197 e. The zero-order valence-corrected chi connectivity index (χ0v) is 28.5. The monoisotopic (exact) mass is 634 g/mol. The maximum absolute atomic E-state index is 10.5. The van der Waals surface area contributed by atoms with Crippen LogP contribution in [0.15, 0.2) is 72.8 Å². The number of unbranched alkanes of at least 4 members (excludes halogenated alkanes) is 2. The topological polar surface area (TPSA) is 58.9 Å². The van der Waals surface area contributed by atoms with Crippen molar-refractivity contribution in [2.24, 2.45) is 11.8 Å². The van der Waals surface area contributed by atoms with Crippen molar-refractivity contribution in [1.82, 2.24) is 0 Å². The average molecular weight is 635 g/mol. The lowest BCUT2D eigenvalue weighted by Gasteiger charge is -2.20. The molecule has 0 spiro atoms. The Balaban J connectivity index is 1.32. The van der Waals surface area contributed by atoms with E-state index < -0.39 is 12.6 Å². The normalized spacial score (nSPS) is 14.2. The van der Waals surface area contributed by atoms with Gasteiger partial charge in [-0.25, -0.2) is 0 Å². The molecule has 0 aliphatic rings. The van der Waals surface area contributed by atoms with Crippen molar-refractivity contribution in [3.05, 3.63) is 72.8 Å². The predicted octanol–water partition coefficient (Wildman–Crippen LogP) is 11.4. The molecule has 0 saturated carbocycles. The van der Waals surface area contributed by atoms with Crippen molar-refractivity contribution in [3.8, 4) is 42.1 Å². The molecule has 0 saturated heterocycles. The fraction of sp³-hybridized carbons (Fsp3) is 0.474. The van der Waals surface area contributed by atoms with E-state index in [0.717, 1.165) is 36.8 Å². The molecule has 0 radical (unpaired) electrons. The molecule has 0 amide bonds. The molecular formula is C38H50O4S2. The van der Waals surface area contributed by atoms with E-state index in [1.165, 1.54) is 45.2 Å². The van der Waals surface area contributed by atoms with Crippen LogP contribution in [-0.2, 0) is 0 Å². The van der Waals surface area contributed by atoms with Gasteiger partial charge in [-0.3, -0.25) is 0 Å². The highest BCUT2D eigenvalue weighted by Crippen LogP contribution is 2.41. The first kappa shape index (κ1) is 34.2. The van der Waals surface area contributed by atoms with Crippen LogP contribution in [0.3, 0.4) is 0 Å². The van der Waals surface area contributed by atoms with Crippen LogP contribution in [-0.4, -0.2) is 22.8 Å². The lowest BCUT2D eigenvalue weighted by atomic mass is 9.96. The lowest BCUT2D eigenvalue weighted by molar-refractivity contribution is -0.0362. The molecule has 4 nitrogen and oxygen atoms in total. The summed E-state index contributed by atoms with van der Waals surface area (Å²) in [5, 5.41) is 21.0. The van der Waals surface area contributed by atoms with Crippen molar-refractivity contribution < 1.29 is 19.7 Å². The van der Waals surface area contributed by atoms with Crippen LogP contribution in [0.25, 0.3) is 30.6 Å². The molecule has 4 unspecified atom stereocenters. The summed E-state index contributed by atoms with van der Waals surface area (Å²) < 4.78 is 11.7. The van der Waals surface area contributed by atoms with Gasteiger partial charge < -0.3 is 19.7 Å². The van der Waals surface area contributed by atoms with Gasteiger partial charge in [-0.1, -0.05) is 79.1 Å². The minimum atomic E-state index is -0.770. The second-order valence-electron chi connectivity index (χ2n) is 11.8. The molecule has 0 aliphatic carbocycles. The van der Waals surface area contributed by atoms with Crippen LogP contribution in [0.1, 0.15) is 91.9 Å². The number of thiophene rings is 2. The fourth-order valence-corrected chi connectivity index (χ4v) is 7.70. The van der Waals surface area contributed by atoms with E-state index in [1.54, 1.807) is 22.7 Å². The van der Waals surface area contributed by atoms with Crippen molar-refractivity contribution in [3.63, 3.8) is 0 Å². The standard InChI is InChI=1S/C38H50O4S2/c1-5-9-11-27(7-3)25-37(39)41-31-17-13-29(14-18-31)33-21-23-35(43-33)36-24-22-34(44-36)30-15-19-32(20-16-30)42-38(40)26-28(8-4)12-10-6-2/h13-24,27-28,37-40H,5-12,25-26H2,1-4H3. The molecule has 4 aromatic rings. The van der Waals surface area contributed by atoms with E-state index >= 15 is 0 Å². The Kier molecular flexibility index (Phi) is 13.8. The Morgan fingerprint density at radius 3 is 1.23 bits per heavy atom. The zero-order chi connectivity index (χ0) is 31.3. The van der Waals surface area contributed by atoms with Gasteiger partial charge in [0.25, 0.3) is 0 Å². The van der Waals surface area contributed by atoms with Gasteiger partial charge in [-0.05, 0) is 95.8 Å². The number of benzene rings is 2. The number of aliphatic hydroxyl groups is 2. The number of hydrogen-bond donors (Lipinski definition) is 2. The van der Waals surface area contributed by atoms with Gasteiger partial charge in [0, 0.05) is 32.4 Å². The molecule has 0 bridgehead atoms. The van der Waals surface area contributed by atoms with Gasteiger partial charge in [0.2, 0.25) is 0 Å². The third-order valence-corrected chi connectivity index (χ3v) is 10.9. The van der Waals surface area contributed by atoms with Gasteiger partial charge in [0.05, 0.1) is 0 Å². The summed E-state index contributed by atoms with van der Waals surface area (Å²) in [5.41, 5.74) is 2.28. The molecule has 2 heterocycles. The van der Waals surface area contributed by atoms with Crippen LogP contribution < -0.4 is 9.47 Å². The second kappa shape index (κ2) is 17.7. The van der Waals surface area contributed by atoms with E-state index in [-0.39, 0.29) is 0 Å². The summed E-state index contributed by atoms with van der Waals surface area (Å²) in [7, 11) is 0. The summed E-state index contributed by atoms with van der Waals surface area (Å²) in [4.78, 5) is 4.88. The smallest absolute Gasteiger partial charge is 0.197 e. The van der Waals surface area contributed by atoms with E-state index in [0.29, 0.717) is 36.2 Å². The van der Waals surface area contributed by atoms with E-state index in [1.807, 2.05) is 24.3 Å². The van der Waals surface area contributed by atoms with Crippen molar-refractivity contribution in [1.29, 1.82) is 0 Å². The van der Waals surface area contributed by atoms with Crippen LogP contribution in [0.5, 0.6) is 11.5 Å². The molecule has 44 heavy (non-hydrogen) atoms. The molecule has 0 aliphatic heterocycles. The molecule has 2 N–H and O–H groups in total. The van der Waals surface area contributed by atoms with E-state index in [2.05, 4.69) is 76.2 Å². The van der Waals surface area contributed by atoms with Crippen LogP contribution in [0, 0.1) is 11.8 Å². The Morgan fingerprint density at radius 2 is 0.886 bits per heavy atom. The lowest BCUT2D eigenvalue weighted by Crippen LogP contribution is -2.20. The molecule has 6 heteroatoms. The number of ether oxygens (including phenoxy) is 2. The number of aliphatic hydroxyl groups excluding tert-OH is 2. The number of rotatable bonds is 19. The highest BCUT2D eigenvalue weighted by molar-refractivity contribution is 7.25. The fourth-order valence-electron chi connectivity index (χ4n) is 5.59. The second-order valence-corrected chi connectivity index (χ2v) is 14.0. The first-order valence-corrected chi connectivity index (χ1v) is 18.2. The summed E-state index contributed by atoms with van der Waals surface area (Å²) in [5.74, 6) is 2.40. The maximum atomic E-state index is 10.5. The first-order valence-electron chi connectivity index (χ1n) is 16.5. The molecule has 4 atom stereocenters. The molecule has 0 fully saturated rings. The molecule has 238 valence electrons. The first-order chi connectivity index (χ1) is 21.4. The van der Waals surface area contributed by atoms with Crippen molar-refractivity contribution >= 4 is 22.7 Å². The van der Waals surface area contributed by atoms with E-state index in [4.69, 9.17) is 9.47 Å². The Labute approximate surface area is 272 Å². The summed E-state index contributed by atoms with van der Waals surface area (Å²) in [6.45, 7) is 8.78. The Hall–Kier alpha value is -2.64. The average Bonchev–Trinajstić information content (AvgIpc) is 3.73. The minimum Gasteiger partial charge on any atom is -0.465 e.